The van der Waals surface area contributed by atoms with Gasteiger partial charge >= 0.3 is 0 Å². The van der Waals surface area contributed by atoms with Crippen LogP contribution in [0.2, 0.25) is 0 Å². The lowest BCUT2D eigenvalue weighted by atomic mass is 10.0. The van der Waals surface area contributed by atoms with E-state index in [0.717, 1.165) is 5.56 Å². The topological polar surface area (TPSA) is 104 Å². The summed E-state index contributed by atoms with van der Waals surface area (Å²) in [5.41, 5.74) is 1.02. The Labute approximate surface area is 178 Å². The van der Waals surface area contributed by atoms with Gasteiger partial charge in [-0.15, -0.1) is 0 Å². The zero-order valence-corrected chi connectivity index (χ0v) is 18.5. The minimum Gasteiger partial charge on any atom is -0.350 e. The molecule has 1 atom stereocenters. The molecule has 0 aliphatic heterocycles. The van der Waals surface area contributed by atoms with E-state index in [1.165, 1.54) is 31.2 Å². The first-order valence-electron chi connectivity index (χ1n) is 9.72. The van der Waals surface area contributed by atoms with Gasteiger partial charge in [-0.25, -0.2) is 8.42 Å². The van der Waals surface area contributed by atoms with Gasteiger partial charge in [-0.05, 0) is 63.4 Å². The molecule has 0 spiro atoms. The van der Waals surface area contributed by atoms with Gasteiger partial charge in [0.25, 0.3) is 0 Å². The van der Waals surface area contributed by atoms with Crippen molar-refractivity contribution in [1.82, 2.24) is 10.0 Å². The molecular formula is C22H29N3O4S. The molecule has 0 aromatic heterocycles. The van der Waals surface area contributed by atoms with Crippen LogP contribution < -0.4 is 15.4 Å². The van der Waals surface area contributed by atoms with Gasteiger partial charge in [0.05, 0.1) is 4.90 Å². The Morgan fingerprint density at radius 3 is 2.10 bits per heavy atom. The van der Waals surface area contributed by atoms with Crippen molar-refractivity contribution in [3.05, 3.63) is 60.2 Å². The molecule has 0 saturated heterocycles. The quantitative estimate of drug-likeness (QED) is 0.598. The first-order chi connectivity index (χ1) is 14.0. The van der Waals surface area contributed by atoms with Crippen LogP contribution in [0, 0.1) is 0 Å². The summed E-state index contributed by atoms with van der Waals surface area (Å²) >= 11 is 0. The van der Waals surface area contributed by atoms with E-state index in [0.29, 0.717) is 18.5 Å². The lowest BCUT2D eigenvalue weighted by molar-refractivity contribution is -0.124. The number of hydrogen-bond donors (Lipinski definition) is 3. The Bertz CT molecular complexity index is 966. The first kappa shape index (κ1) is 23.6. The van der Waals surface area contributed by atoms with Gasteiger partial charge in [0, 0.05) is 18.2 Å². The Hall–Kier alpha value is -2.71. The highest BCUT2D eigenvalue weighted by Crippen LogP contribution is 2.16. The molecule has 0 aliphatic rings. The summed E-state index contributed by atoms with van der Waals surface area (Å²) in [5, 5.41) is 5.44. The van der Waals surface area contributed by atoms with Gasteiger partial charge in [0.2, 0.25) is 21.8 Å². The van der Waals surface area contributed by atoms with Crippen LogP contribution in [-0.4, -0.2) is 31.8 Å². The van der Waals surface area contributed by atoms with Crippen molar-refractivity contribution >= 4 is 27.5 Å². The maximum atomic E-state index is 12.9. The number of aryl methyl sites for hydroxylation is 1. The highest BCUT2D eigenvalue weighted by molar-refractivity contribution is 7.89. The molecule has 0 fully saturated rings. The molecule has 0 heterocycles. The summed E-state index contributed by atoms with van der Waals surface area (Å²) in [5.74, 6) is -0.625. The van der Waals surface area contributed by atoms with Gasteiger partial charge in [-0.1, -0.05) is 30.3 Å². The van der Waals surface area contributed by atoms with Crippen molar-refractivity contribution in [2.45, 2.75) is 57.0 Å². The van der Waals surface area contributed by atoms with Crippen LogP contribution >= 0.6 is 0 Å². The van der Waals surface area contributed by atoms with E-state index in [2.05, 4.69) is 15.4 Å². The maximum Gasteiger partial charge on any atom is 0.241 e. The Kier molecular flexibility index (Phi) is 7.75. The fraction of sp³-hybridized carbons (Fsp3) is 0.364. The van der Waals surface area contributed by atoms with Crippen LogP contribution in [0.4, 0.5) is 5.69 Å². The molecule has 2 aromatic rings. The Balaban J connectivity index is 2.19. The van der Waals surface area contributed by atoms with Gasteiger partial charge in [-0.3, -0.25) is 9.59 Å². The van der Waals surface area contributed by atoms with Crippen LogP contribution in [0.3, 0.4) is 0 Å². The minimum absolute atomic E-state index is 0.0184. The lowest BCUT2D eigenvalue weighted by Gasteiger charge is -2.25. The molecule has 0 bridgehead atoms. The van der Waals surface area contributed by atoms with Gasteiger partial charge in [0.1, 0.15) is 6.04 Å². The molecule has 30 heavy (non-hydrogen) atoms. The number of sulfonamides is 1. The molecule has 3 N–H and O–H groups in total. The smallest absolute Gasteiger partial charge is 0.241 e. The van der Waals surface area contributed by atoms with Crippen molar-refractivity contribution in [2.75, 3.05) is 5.32 Å². The standard InChI is InChI=1S/C22H29N3O4S/c1-16(26)23-18-11-13-19(14-12-18)30(28,29)25-20(21(27)24-22(2,3)4)15-10-17-8-6-5-7-9-17/h5-9,11-14,20,25H,10,15H2,1-4H3,(H,23,26)(H,24,27). The molecule has 0 aliphatic carbocycles. The number of benzene rings is 2. The Morgan fingerprint density at radius 1 is 0.967 bits per heavy atom. The third kappa shape index (κ3) is 7.61. The van der Waals surface area contributed by atoms with E-state index in [4.69, 9.17) is 0 Å². The number of amides is 2. The zero-order valence-electron chi connectivity index (χ0n) is 17.7. The summed E-state index contributed by atoms with van der Waals surface area (Å²) in [4.78, 5) is 23.9. The molecule has 0 saturated carbocycles. The predicted octanol–water partition coefficient (Wildman–Crippen LogP) is 2.84. The third-order valence-corrected chi connectivity index (χ3v) is 5.65. The molecule has 1 unspecified atom stereocenters. The first-order valence-corrected chi connectivity index (χ1v) is 11.2. The molecular weight excluding hydrogens is 402 g/mol. The zero-order chi connectivity index (χ0) is 22.4. The van der Waals surface area contributed by atoms with Crippen molar-refractivity contribution in [3.8, 4) is 0 Å². The van der Waals surface area contributed by atoms with E-state index in [1.807, 2.05) is 51.1 Å². The fourth-order valence-electron chi connectivity index (χ4n) is 2.83. The van der Waals surface area contributed by atoms with Crippen molar-refractivity contribution in [2.24, 2.45) is 0 Å². The monoisotopic (exact) mass is 431 g/mol. The summed E-state index contributed by atoms with van der Waals surface area (Å²) in [6.07, 6.45) is 0.863. The summed E-state index contributed by atoms with van der Waals surface area (Å²) < 4.78 is 28.3. The van der Waals surface area contributed by atoms with Crippen LogP contribution in [0.1, 0.15) is 39.7 Å². The largest absolute Gasteiger partial charge is 0.350 e. The normalized spacial score (nSPS) is 12.8. The number of anilines is 1. The van der Waals surface area contributed by atoms with Crippen molar-refractivity contribution in [3.63, 3.8) is 0 Å². The maximum absolute atomic E-state index is 12.9. The van der Waals surface area contributed by atoms with E-state index in [1.54, 1.807) is 0 Å². The van der Waals surface area contributed by atoms with Crippen LogP contribution in [0.25, 0.3) is 0 Å². The number of hydrogen-bond acceptors (Lipinski definition) is 4. The van der Waals surface area contributed by atoms with E-state index < -0.39 is 21.6 Å². The summed E-state index contributed by atoms with van der Waals surface area (Å²) in [7, 11) is -3.93. The second-order valence-corrected chi connectivity index (χ2v) is 9.86. The van der Waals surface area contributed by atoms with Crippen LogP contribution in [0.5, 0.6) is 0 Å². The molecule has 7 nitrogen and oxygen atoms in total. The van der Waals surface area contributed by atoms with E-state index in [-0.39, 0.29) is 16.7 Å². The van der Waals surface area contributed by atoms with Gasteiger partial charge < -0.3 is 10.6 Å². The number of carbonyl (C=O) groups excluding carboxylic acids is 2. The number of carbonyl (C=O) groups is 2. The third-order valence-electron chi connectivity index (χ3n) is 4.16. The second kappa shape index (κ2) is 9.86. The molecule has 2 rings (SSSR count). The number of rotatable bonds is 8. The molecule has 8 heteroatoms. The van der Waals surface area contributed by atoms with Crippen molar-refractivity contribution in [1.29, 1.82) is 0 Å². The molecule has 2 amide bonds. The second-order valence-electron chi connectivity index (χ2n) is 8.14. The summed E-state index contributed by atoms with van der Waals surface area (Å²) in [6.45, 7) is 6.90. The SMILES string of the molecule is CC(=O)Nc1ccc(S(=O)(=O)NC(CCc2ccccc2)C(=O)NC(C)(C)C)cc1. The predicted molar refractivity (Wildman–Crippen MR) is 118 cm³/mol. The van der Waals surface area contributed by atoms with E-state index in [9.17, 15) is 18.0 Å². The van der Waals surface area contributed by atoms with E-state index >= 15 is 0 Å². The molecule has 162 valence electrons. The molecule has 0 radical (unpaired) electrons. The highest BCUT2D eigenvalue weighted by Gasteiger charge is 2.28. The van der Waals surface area contributed by atoms with Gasteiger partial charge in [-0.2, -0.15) is 4.72 Å². The number of nitrogens with one attached hydrogen (secondary N) is 3. The van der Waals surface area contributed by atoms with Gasteiger partial charge in [0.15, 0.2) is 0 Å². The average molecular weight is 432 g/mol. The average Bonchev–Trinajstić information content (AvgIpc) is 2.64. The van der Waals surface area contributed by atoms with Crippen LogP contribution in [0.15, 0.2) is 59.5 Å². The minimum atomic E-state index is -3.93. The Morgan fingerprint density at radius 2 is 1.57 bits per heavy atom. The van der Waals surface area contributed by atoms with Crippen molar-refractivity contribution < 1.29 is 18.0 Å². The highest BCUT2D eigenvalue weighted by atomic mass is 32.2. The summed E-state index contributed by atoms with van der Waals surface area (Å²) in [6, 6.07) is 14.5. The fourth-order valence-corrected chi connectivity index (χ4v) is 4.06. The van der Waals surface area contributed by atoms with Crippen LogP contribution in [-0.2, 0) is 26.0 Å². The lowest BCUT2D eigenvalue weighted by Crippen LogP contribution is -2.52. The molecule has 2 aromatic carbocycles.